The number of rotatable bonds is 9. The molecule has 8 heteroatoms. The smallest absolute Gasteiger partial charge is 0.308 e. The number of benzene rings is 1. The Bertz CT molecular complexity index is 824. The van der Waals surface area contributed by atoms with Crippen LogP contribution < -0.4 is 10.1 Å². The van der Waals surface area contributed by atoms with Gasteiger partial charge in [-0.15, -0.1) is 0 Å². The zero-order valence-corrected chi connectivity index (χ0v) is 17.0. The molecule has 3 amide bonds. The van der Waals surface area contributed by atoms with Crippen LogP contribution in [0, 0.1) is 11.8 Å². The summed E-state index contributed by atoms with van der Waals surface area (Å²) in [5, 5.41) is 2.69. The van der Waals surface area contributed by atoms with Crippen LogP contribution in [0.2, 0.25) is 0 Å². The lowest BCUT2D eigenvalue weighted by Gasteiger charge is -2.14. The third-order valence-electron chi connectivity index (χ3n) is 5.41. The second kappa shape index (κ2) is 10.0. The van der Waals surface area contributed by atoms with E-state index < -0.39 is 18.5 Å². The van der Waals surface area contributed by atoms with Gasteiger partial charge in [0.1, 0.15) is 5.75 Å². The lowest BCUT2D eigenvalue weighted by Crippen LogP contribution is -2.34. The summed E-state index contributed by atoms with van der Waals surface area (Å²) >= 11 is 0. The number of likely N-dealkylation sites (tertiary alicyclic amines) is 1. The average molecular weight is 414 g/mol. The largest absolute Gasteiger partial charge is 0.496 e. The van der Waals surface area contributed by atoms with Crippen molar-refractivity contribution in [2.24, 2.45) is 11.8 Å². The van der Waals surface area contributed by atoms with Crippen LogP contribution in [0.15, 0.2) is 36.4 Å². The predicted octanol–water partition coefficient (Wildman–Crippen LogP) is 1.24. The van der Waals surface area contributed by atoms with Crippen LogP contribution in [0.5, 0.6) is 5.75 Å². The molecule has 1 N–H and O–H groups in total. The van der Waals surface area contributed by atoms with Gasteiger partial charge in [-0.05, 0) is 30.9 Å². The van der Waals surface area contributed by atoms with Crippen molar-refractivity contribution in [3.63, 3.8) is 0 Å². The molecular weight excluding hydrogens is 388 g/mol. The van der Waals surface area contributed by atoms with Gasteiger partial charge in [0.2, 0.25) is 11.8 Å². The number of hydrogen-bond donors (Lipinski definition) is 1. The van der Waals surface area contributed by atoms with E-state index in [4.69, 9.17) is 9.47 Å². The molecule has 3 rings (SSSR count). The zero-order chi connectivity index (χ0) is 21.5. The Morgan fingerprint density at radius 1 is 1.10 bits per heavy atom. The molecule has 0 radical (unpaired) electrons. The summed E-state index contributed by atoms with van der Waals surface area (Å²) in [6.45, 7) is -0.0366. The molecule has 8 nitrogen and oxygen atoms in total. The first-order valence-corrected chi connectivity index (χ1v) is 10.1. The second-order valence-corrected chi connectivity index (χ2v) is 7.31. The Morgan fingerprint density at radius 3 is 2.43 bits per heavy atom. The molecule has 0 spiro atoms. The van der Waals surface area contributed by atoms with Crippen LogP contribution in [-0.2, 0) is 30.3 Å². The first-order chi connectivity index (χ1) is 14.5. The summed E-state index contributed by atoms with van der Waals surface area (Å²) in [5.74, 6) is -1.36. The van der Waals surface area contributed by atoms with Gasteiger partial charge in [0.15, 0.2) is 6.61 Å². The highest BCUT2D eigenvalue weighted by atomic mass is 16.5. The summed E-state index contributed by atoms with van der Waals surface area (Å²) < 4.78 is 10.2. The quantitative estimate of drug-likeness (QED) is 0.371. The Morgan fingerprint density at radius 2 is 1.77 bits per heavy atom. The highest BCUT2D eigenvalue weighted by molar-refractivity contribution is 6.05. The van der Waals surface area contributed by atoms with Crippen molar-refractivity contribution < 1.29 is 28.7 Å². The fourth-order valence-corrected chi connectivity index (χ4v) is 3.81. The number of nitrogens with one attached hydrogen (secondary N) is 1. The minimum Gasteiger partial charge on any atom is -0.496 e. The van der Waals surface area contributed by atoms with Crippen LogP contribution in [0.3, 0.4) is 0 Å². The maximum Gasteiger partial charge on any atom is 0.308 e. The normalized spacial score (nSPS) is 20.1. The van der Waals surface area contributed by atoms with Crippen molar-refractivity contribution in [1.29, 1.82) is 0 Å². The maximum absolute atomic E-state index is 12.4. The van der Waals surface area contributed by atoms with Gasteiger partial charge in [-0.1, -0.05) is 30.4 Å². The number of allylic oxidation sites excluding steroid dienone is 2. The van der Waals surface area contributed by atoms with Crippen LogP contribution in [0.1, 0.15) is 24.8 Å². The molecular formula is C22H26N2O6. The second-order valence-electron chi connectivity index (χ2n) is 7.31. The summed E-state index contributed by atoms with van der Waals surface area (Å²) in [6, 6.07) is 7.52. The molecule has 1 aliphatic heterocycles. The highest BCUT2D eigenvalue weighted by Crippen LogP contribution is 2.35. The molecule has 0 unspecified atom stereocenters. The van der Waals surface area contributed by atoms with E-state index in [1.807, 2.05) is 36.4 Å². The van der Waals surface area contributed by atoms with Gasteiger partial charge in [0, 0.05) is 13.1 Å². The number of carbonyl (C=O) groups excluding carboxylic acids is 4. The molecule has 1 fully saturated rings. The Kier molecular flexibility index (Phi) is 7.21. The molecule has 0 bridgehead atoms. The van der Waals surface area contributed by atoms with Crippen molar-refractivity contribution in [2.45, 2.75) is 25.7 Å². The van der Waals surface area contributed by atoms with E-state index in [1.165, 1.54) is 0 Å². The lowest BCUT2D eigenvalue weighted by molar-refractivity contribution is -0.149. The summed E-state index contributed by atoms with van der Waals surface area (Å²) in [5.41, 5.74) is 0.966. The van der Waals surface area contributed by atoms with E-state index in [-0.39, 0.29) is 36.6 Å². The molecule has 0 saturated carbocycles. The molecule has 0 aromatic heterocycles. The number of hydrogen-bond acceptors (Lipinski definition) is 6. The summed E-state index contributed by atoms with van der Waals surface area (Å²) in [6.07, 6.45) is 5.41. The number of carbonyl (C=O) groups is 4. The van der Waals surface area contributed by atoms with E-state index >= 15 is 0 Å². The van der Waals surface area contributed by atoms with Crippen LogP contribution in [0.4, 0.5) is 0 Å². The monoisotopic (exact) mass is 414 g/mol. The topological polar surface area (TPSA) is 102 Å². The third kappa shape index (κ3) is 5.06. The van der Waals surface area contributed by atoms with Gasteiger partial charge in [-0.2, -0.15) is 0 Å². The SMILES string of the molecule is COc1ccccc1CCNC(=O)COC(=O)CCN1C(=O)[C@H]2CC=CC[C@H]2C1=O. The van der Waals surface area contributed by atoms with E-state index in [0.717, 1.165) is 16.2 Å². The fourth-order valence-electron chi connectivity index (χ4n) is 3.81. The minimum absolute atomic E-state index is 0.0150. The van der Waals surface area contributed by atoms with Crippen LogP contribution in [-0.4, -0.2) is 55.4 Å². The molecule has 2 atom stereocenters. The molecule has 1 heterocycles. The van der Waals surface area contributed by atoms with E-state index in [1.54, 1.807) is 7.11 Å². The molecule has 1 aromatic rings. The van der Waals surface area contributed by atoms with Gasteiger partial charge in [-0.3, -0.25) is 24.1 Å². The molecule has 1 saturated heterocycles. The van der Waals surface area contributed by atoms with Gasteiger partial charge >= 0.3 is 5.97 Å². The third-order valence-corrected chi connectivity index (χ3v) is 5.41. The number of esters is 1. The van der Waals surface area contributed by atoms with Gasteiger partial charge in [-0.25, -0.2) is 0 Å². The highest BCUT2D eigenvalue weighted by Gasteiger charge is 2.46. The number of methoxy groups -OCH3 is 1. The molecule has 1 aromatic carbocycles. The van der Waals surface area contributed by atoms with E-state index in [9.17, 15) is 19.2 Å². The number of fused-ring (bicyclic) bond motifs is 1. The number of para-hydroxylation sites is 1. The molecule has 30 heavy (non-hydrogen) atoms. The zero-order valence-electron chi connectivity index (χ0n) is 17.0. The van der Waals surface area contributed by atoms with E-state index in [2.05, 4.69) is 5.32 Å². The molecule has 2 aliphatic rings. The number of nitrogens with zero attached hydrogens (tertiary/aromatic N) is 1. The number of amides is 3. The fraction of sp³-hybridized carbons (Fsp3) is 0.455. The van der Waals surface area contributed by atoms with Crippen molar-refractivity contribution >= 4 is 23.7 Å². The standard InChI is InChI=1S/C22H26N2O6/c1-29-18-9-5-2-6-15(18)10-12-23-19(25)14-30-20(26)11-13-24-21(27)16-7-3-4-8-17(16)22(24)28/h2-6,9,16-17H,7-8,10-14H2,1H3,(H,23,25)/t16-,17+. The first kappa shape index (κ1) is 21.5. The Labute approximate surface area is 175 Å². The van der Waals surface area contributed by atoms with Crippen molar-refractivity contribution in [3.8, 4) is 5.75 Å². The van der Waals surface area contributed by atoms with Crippen molar-refractivity contribution in [1.82, 2.24) is 10.2 Å². The first-order valence-electron chi connectivity index (χ1n) is 10.1. The Hall–Kier alpha value is -3.16. The molecule has 160 valence electrons. The van der Waals surface area contributed by atoms with Gasteiger partial charge in [0.05, 0.1) is 25.4 Å². The van der Waals surface area contributed by atoms with Crippen LogP contribution >= 0.6 is 0 Å². The van der Waals surface area contributed by atoms with Crippen LogP contribution in [0.25, 0.3) is 0 Å². The minimum atomic E-state index is -0.622. The van der Waals surface area contributed by atoms with Crippen molar-refractivity contribution in [2.75, 3.05) is 26.8 Å². The molecule has 1 aliphatic carbocycles. The summed E-state index contributed by atoms with van der Waals surface area (Å²) in [4.78, 5) is 49.7. The maximum atomic E-state index is 12.4. The van der Waals surface area contributed by atoms with Gasteiger partial charge in [0.25, 0.3) is 5.91 Å². The number of imide groups is 1. The van der Waals surface area contributed by atoms with Crippen molar-refractivity contribution in [3.05, 3.63) is 42.0 Å². The lowest BCUT2D eigenvalue weighted by atomic mass is 9.85. The summed E-state index contributed by atoms with van der Waals surface area (Å²) in [7, 11) is 1.59. The average Bonchev–Trinajstić information content (AvgIpc) is 3.01. The predicted molar refractivity (Wildman–Crippen MR) is 107 cm³/mol. The van der Waals surface area contributed by atoms with Gasteiger partial charge < -0.3 is 14.8 Å². The Balaban J connectivity index is 1.35. The van der Waals surface area contributed by atoms with E-state index in [0.29, 0.717) is 25.8 Å². The number of ether oxygens (including phenoxy) is 2.